The first-order valence-electron chi connectivity index (χ1n) is 43.8. The summed E-state index contributed by atoms with van der Waals surface area (Å²) in [5, 5.41) is 38.0. The first-order chi connectivity index (χ1) is 66.7. The van der Waals surface area contributed by atoms with Gasteiger partial charge in [0.15, 0.2) is 0 Å². The molecule has 15 aromatic rings. The zero-order valence-electron chi connectivity index (χ0n) is 78.2. The Balaban J connectivity index is 0.000000169. The number of nitrogens with zero attached hydrogens (tertiary/aromatic N) is 20. The Kier molecular flexibility index (Phi) is 41.6. The van der Waals surface area contributed by atoms with Crippen molar-refractivity contribution in [2.75, 3.05) is 0 Å². The Bertz CT molecular complexity index is 7090. The number of aromatic nitrogens is 20. The third-order valence-electron chi connectivity index (χ3n) is 23.0. The second-order valence-corrected chi connectivity index (χ2v) is 35.0. The normalized spacial score (nSPS) is 13.3. The smallest absolute Gasteiger partial charge is 0.446 e. The molecule has 0 unspecified atom stereocenters. The molecule has 5 radical (unpaired) electrons. The molecule has 143 heavy (non-hydrogen) atoms. The predicted molar refractivity (Wildman–Crippen MR) is 496 cm³/mol. The van der Waals surface area contributed by atoms with E-state index in [0.717, 1.165) is 123 Å². The number of tetrazole rings is 5. The van der Waals surface area contributed by atoms with E-state index in [2.05, 4.69) is 100 Å². The first kappa shape index (κ1) is 114. The maximum atomic E-state index is 13.1. The third kappa shape index (κ3) is 28.9. The van der Waals surface area contributed by atoms with E-state index < -0.39 is 34.9 Å². The van der Waals surface area contributed by atoms with Gasteiger partial charge >= 0.3 is 40.6 Å². The largest absolute Gasteiger partial charge is 0.514 e. The van der Waals surface area contributed by atoms with E-state index >= 15 is 0 Å². The Labute approximate surface area is 950 Å². The number of allylic oxidation sites excluding steroid dienone is 1. The standard InChI is InChI=1S/C21H21N4O2.C20H19N4O2.C19H16F3N4O2S.C19H17F2N4O3.C19H17F2N4O2S.5Y/c1-14(2)16-8-6-9-19(25-21(26)24(3)22-23-25)18(16)13-27-20-10-5-4-7-17(20)15-11-12-15;1-3-14-7-6-9-18(24-20(25)23(2)21-22-24)17(14)13-26-19-10-5-4-8-16(19)15-11-12-15;1-25-18(27)26(24-23-25)15-6-4-8-17(29-19(20,21)22)14(15)11-28-16-7-3-2-5-13(16)12-9-10-12;2*1-24-19(26)25(23-22-24)15-6-4-8-17(28-18(20)21)14(15)11-27-16-7-3-2-5-13(16)12-9-10-12;;;;;/h5-10,15H,1,11-13H2,2-3H3;3,5-10,15H,1,11-13H2,2H3;3-8,12H,9-11H2,1H3;2*3-8,12,18H,9-11H2,1H3;;;;;/q5*-1;;;;;. The molecule has 10 aromatic carbocycles. The number of halogens is 7. The van der Waals surface area contributed by atoms with Gasteiger partial charge in [0.2, 0.25) is 0 Å². The van der Waals surface area contributed by atoms with Crippen molar-refractivity contribution in [3.8, 4) is 62.9 Å². The number of hydrogen-bond acceptors (Lipinski definition) is 23. The number of rotatable bonds is 32. The second kappa shape index (κ2) is 52.2. The molecule has 729 valence electrons. The summed E-state index contributed by atoms with van der Waals surface area (Å²) < 4.78 is 137. The van der Waals surface area contributed by atoms with Crippen LogP contribution in [-0.2, 0) is 232 Å². The zero-order chi connectivity index (χ0) is 97.0. The van der Waals surface area contributed by atoms with Crippen LogP contribution in [0.5, 0.6) is 34.5 Å². The molecule has 0 saturated heterocycles. The summed E-state index contributed by atoms with van der Waals surface area (Å²) in [5.41, 5.74) is 6.42. The van der Waals surface area contributed by atoms with Crippen LogP contribution in [-0.4, -0.2) is 117 Å². The molecular weight excluding hydrogens is 2270 g/mol. The van der Waals surface area contributed by atoms with Gasteiger partial charge in [0.1, 0.15) is 38.8 Å². The van der Waals surface area contributed by atoms with Gasteiger partial charge in [-0.05, 0) is 130 Å². The minimum absolute atomic E-state index is 0. The summed E-state index contributed by atoms with van der Waals surface area (Å²) in [7, 11) is 7.49. The maximum absolute atomic E-state index is 13.1. The van der Waals surface area contributed by atoms with E-state index in [9.17, 15) is 54.7 Å². The van der Waals surface area contributed by atoms with E-state index in [1.54, 1.807) is 74.8 Å². The van der Waals surface area contributed by atoms with Crippen LogP contribution in [0.25, 0.3) is 40.1 Å². The molecule has 45 heteroatoms. The van der Waals surface area contributed by atoms with Crippen molar-refractivity contribution in [3.05, 3.63) is 345 Å². The Morgan fingerprint density at radius 1 is 0.378 bits per heavy atom. The number of ether oxygens (including phenoxy) is 6. The van der Waals surface area contributed by atoms with Gasteiger partial charge in [-0.15, -0.1) is 58.1 Å². The molecule has 5 saturated carbocycles. The van der Waals surface area contributed by atoms with Gasteiger partial charge in [0.25, 0.3) is 5.76 Å². The molecule has 5 aliphatic carbocycles. The van der Waals surface area contributed by atoms with Crippen LogP contribution in [0.4, 0.5) is 30.7 Å². The molecule has 5 aromatic heterocycles. The molecule has 0 bridgehead atoms. The van der Waals surface area contributed by atoms with E-state index in [4.69, 9.17) is 23.7 Å². The Morgan fingerprint density at radius 2 is 0.650 bits per heavy atom. The van der Waals surface area contributed by atoms with Crippen LogP contribution in [0, 0.1) is 30.3 Å². The fourth-order valence-electron chi connectivity index (χ4n) is 15.2. The number of alkyl halides is 7. The van der Waals surface area contributed by atoms with Crippen molar-refractivity contribution in [1.82, 2.24) is 99.0 Å². The van der Waals surface area contributed by atoms with Gasteiger partial charge in [-0.25, -0.2) is 24.0 Å². The van der Waals surface area contributed by atoms with E-state index in [-0.39, 0.29) is 240 Å². The summed E-state index contributed by atoms with van der Waals surface area (Å²) in [6.45, 7) is 7.29. The van der Waals surface area contributed by atoms with Crippen LogP contribution in [0.15, 0.2) is 229 Å². The van der Waals surface area contributed by atoms with Gasteiger partial charge in [-0.3, -0.25) is 0 Å². The molecule has 0 atom stereocenters. The molecule has 0 spiro atoms. The van der Waals surface area contributed by atoms with Crippen LogP contribution < -0.4 is 56.9 Å². The number of hydrogen-bond donors (Lipinski definition) is 0. The summed E-state index contributed by atoms with van der Waals surface area (Å²) in [6.07, 6.45) is 13.0. The molecule has 0 N–H and O–H groups in total. The third-order valence-corrected chi connectivity index (χ3v) is 24.6. The zero-order valence-corrected chi connectivity index (χ0v) is 94.1. The fourth-order valence-corrected chi connectivity index (χ4v) is 16.6. The maximum Gasteiger partial charge on any atom is 0.446 e. The first-order valence-corrected chi connectivity index (χ1v) is 45.5. The minimum Gasteiger partial charge on any atom is -0.514 e. The van der Waals surface area contributed by atoms with Crippen LogP contribution in [0.3, 0.4) is 0 Å². The molecule has 0 amide bonds. The second-order valence-electron chi connectivity index (χ2n) is 32.8. The predicted octanol–water partition coefficient (Wildman–Crippen LogP) is 16.3. The van der Waals surface area contributed by atoms with Crippen LogP contribution >= 0.6 is 23.5 Å². The summed E-state index contributed by atoms with van der Waals surface area (Å²) in [5.74, 6) is 3.44. The SMILES string of the molecule is C=C(C)c1cccc(-n2nnn(C)c2=O)c1COc1cc[c-]cc1C1CC1.C=Cc1cccc(-n2nnn(C)c2=O)c1COc1cc[c-]cc1C1CC1.Cn1nnn(-c2cccc(OC(F)F)c2COc2cc[c-]cc2C2CC2)c1=O.Cn1nnn(-c2cccc(SC(F)(F)F)c2COc2cc[c-]cc2C2CC2)c1=O.Cn1nnn(-c2cccc(SC(F)F)c2COc2cc[c-]cc2C2CC2)c1=O.[Y].[Y].[Y].[Y].[Y]. The minimum atomic E-state index is -4.48. The van der Waals surface area contributed by atoms with Crippen LogP contribution in [0.1, 0.15) is 167 Å². The average Bonchev–Trinajstić information content (AvgIpc) is 1.78. The monoisotopic (exact) mass is 2360 g/mol. The van der Waals surface area contributed by atoms with E-state index in [1.807, 2.05) is 104 Å². The van der Waals surface area contributed by atoms with Crippen molar-refractivity contribution >= 4 is 35.2 Å². The molecular formula is C98H90F7N20O11S2Y5-5. The Morgan fingerprint density at radius 3 is 0.944 bits per heavy atom. The fraction of sp³-hybridized carbons (Fsp3) is 0.296. The molecule has 20 rings (SSSR count). The van der Waals surface area contributed by atoms with E-state index in [0.29, 0.717) is 99.3 Å². The van der Waals surface area contributed by atoms with Crippen molar-refractivity contribution < 1.29 is 223 Å². The molecule has 5 heterocycles. The molecule has 31 nitrogen and oxygen atoms in total. The summed E-state index contributed by atoms with van der Waals surface area (Å²) in [6, 6.07) is 68.2. The topological polar surface area (TPSA) is 319 Å². The Hall–Kier alpha value is -9.44. The van der Waals surface area contributed by atoms with Crippen molar-refractivity contribution in [2.24, 2.45) is 35.2 Å². The van der Waals surface area contributed by atoms with Gasteiger partial charge in [0, 0.05) is 260 Å². The summed E-state index contributed by atoms with van der Waals surface area (Å²) in [4.78, 5) is 61.7. The van der Waals surface area contributed by atoms with E-state index in [1.165, 1.54) is 107 Å². The molecule has 5 fully saturated rings. The van der Waals surface area contributed by atoms with Crippen molar-refractivity contribution in [3.63, 3.8) is 0 Å². The number of thioether (sulfide) groups is 2. The summed E-state index contributed by atoms with van der Waals surface area (Å²) >= 11 is 0.165. The van der Waals surface area contributed by atoms with Crippen molar-refractivity contribution in [2.45, 2.75) is 161 Å². The van der Waals surface area contributed by atoms with Gasteiger partial charge in [-0.1, -0.05) is 173 Å². The van der Waals surface area contributed by atoms with Gasteiger partial charge in [0.05, 0.1) is 34.0 Å². The molecule has 5 aliphatic rings. The van der Waals surface area contributed by atoms with Gasteiger partial charge in [-0.2, -0.15) is 169 Å². The average molecular weight is 2370 g/mol. The van der Waals surface area contributed by atoms with Crippen molar-refractivity contribution in [1.29, 1.82) is 0 Å². The van der Waals surface area contributed by atoms with Gasteiger partial charge < -0.3 is 28.4 Å². The number of benzene rings is 10. The van der Waals surface area contributed by atoms with Crippen LogP contribution in [0.2, 0.25) is 0 Å². The number of aryl methyl sites for hydroxylation is 5. The quantitative estimate of drug-likeness (QED) is 0.0215. The molecule has 0 aliphatic heterocycles.